The van der Waals surface area contributed by atoms with Crippen LogP contribution in [0.1, 0.15) is 49.8 Å². The summed E-state index contributed by atoms with van der Waals surface area (Å²) in [5.41, 5.74) is 8.23. The molecule has 0 bridgehead atoms. The second-order valence-corrected chi connectivity index (χ2v) is 8.93. The molecule has 0 aromatic heterocycles. The zero-order chi connectivity index (χ0) is 25.2. The normalized spacial score (nSPS) is 10.7. The van der Waals surface area contributed by atoms with Gasteiger partial charge in [0.15, 0.2) is 0 Å². The van der Waals surface area contributed by atoms with Gasteiger partial charge >= 0.3 is 5.97 Å². The van der Waals surface area contributed by atoms with E-state index in [1.165, 1.54) is 41.5 Å². The third-order valence-electron chi connectivity index (χ3n) is 6.05. The van der Waals surface area contributed by atoms with E-state index < -0.39 is 5.97 Å². The number of carbonyl (C=O) groups excluding carboxylic acids is 1. The molecule has 3 aromatic rings. The van der Waals surface area contributed by atoms with Gasteiger partial charge in [0.25, 0.3) is 0 Å². The van der Waals surface area contributed by atoms with Crippen LogP contribution in [0.3, 0.4) is 0 Å². The highest BCUT2D eigenvalue weighted by Gasteiger charge is 2.09. The summed E-state index contributed by atoms with van der Waals surface area (Å²) in [7, 11) is 0. The van der Waals surface area contributed by atoms with Crippen molar-refractivity contribution in [1.29, 1.82) is 0 Å². The van der Waals surface area contributed by atoms with Crippen molar-refractivity contribution in [2.45, 2.75) is 53.1 Å². The molecule has 0 aliphatic carbocycles. The molecule has 1 N–H and O–H groups in total. The molecule has 0 atom stereocenters. The van der Waals surface area contributed by atoms with Crippen LogP contribution in [-0.2, 0) is 22.6 Å². The van der Waals surface area contributed by atoms with Crippen LogP contribution in [0.4, 0.5) is 0 Å². The van der Waals surface area contributed by atoms with E-state index in [0.717, 1.165) is 17.5 Å². The predicted octanol–water partition coefficient (Wildman–Crippen LogP) is 7.05. The molecule has 184 valence electrons. The third-order valence-corrected chi connectivity index (χ3v) is 6.05. The first-order valence-corrected chi connectivity index (χ1v) is 12.3. The van der Waals surface area contributed by atoms with Gasteiger partial charge in [0, 0.05) is 11.1 Å². The number of aliphatic hydroxyl groups is 1. The van der Waals surface area contributed by atoms with Crippen LogP contribution >= 0.6 is 0 Å². The molecule has 0 saturated heterocycles. The molecule has 4 nitrogen and oxygen atoms in total. The van der Waals surface area contributed by atoms with Crippen LogP contribution in [-0.4, -0.2) is 24.3 Å². The largest absolute Gasteiger partial charge is 0.490 e. The summed E-state index contributed by atoms with van der Waals surface area (Å²) >= 11 is 0. The lowest BCUT2D eigenvalue weighted by molar-refractivity contribution is -0.139. The molecule has 0 fully saturated rings. The molecule has 0 amide bonds. The van der Waals surface area contributed by atoms with Gasteiger partial charge in [0.05, 0.1) is 6.61 Å². The summed E-state index contributed by atoms with van der Waals surface area (Å²) in [4.78, 5) is 11.5. The van der Waals surface area contributed by atoms with E-state index in [0.29, 0.717) is 16.9 Å². The van der Waals surface area contributed by atoms with Crippen LogP contribution in [0.15, 0.2) is 72.8 Å². The van der Waals surface area contributed by atoms with Gasteiger partial charge in [-0.2, -0.15) is 0 Å². The lowest BCUT2D eigenvalue weighted by Crippen LogP contribution is -2.13. The highest BCUT2D eigenvalue weighted by atomic mass is 16.6. The molecule has 0 aliphatic rings. The number of aliphatic hydroxyl groups excluding tert-OH is 1. The SMILES string of the molecule is C=C(C)C(=O)OCCOc1cc(-c2ccc(-c3ccc(CCCCC)cc3C)cc2)ccc1CO. The van der Waals surface area contributed by atoms with Gasteiger partial charge < -0.3 is 14.6 Å². The average molecular weight is 473 g/mol. The fourth-order valence-corrected chi connectivity index (χ4v) is 4.03. The number of carbonyl (C=O) groups is 1. The summed E-state index contributed by atoms with van der Waals surface area (Å²) in [6, 6.07) is 21.0. The van der Waals surface area contributed by atoms with Crippen LogP contribution in [0.5, 0.6) is 5.75 Å². The lowest BCUT2D eigenvalue weighted by atomic mass is 9.95. The van der Waals surface area contributed by atoms with Crippen molar-refractivity contribution in [3.8, 4) is 28.0 Å². The summed E-state index contributed by atoms with van der Waals surface area (Å²) in [6.07, 6.45) is 4.89. The van der Waals surface area contributed by atoms with Crippen molar-refractivity contribution >= 4 is 5.97 Å². The zero-order valence-corrected chi connectivity index (χ0v) is 21.1. The Morgan fingerprint density at radius 2 is 1.63 bits per heavy atom. The minimum absolute atomic E-state index is 0.117. The Morgan fingerprint density at radius 1 is 0.914 bits per heavy atom. The van der Waals surface area contributed by atoms with E-state index in [1.807, 2.05) is 18.2 Å². The van der Waals surface area contributed by atoms with Crippen molar-refractivity contribution in [2.75, 3.05) is 13.2 Å². The van der Waals surface area contributed by atoms with E-state index in [4.69, 9.17) is 9.47 Å². The van der Waals surface area contributed by atoms with Crippen LogP contribution in [0, 0.1) is 6.92 Å². The van der Waals surface area contributed by atoms with E-state index in [1.54, 1.807) is 6.92 Å². The monoisotopic (exact) mass is 472 g/mol. The second-order valence-electron chi connectivity index (χ2n) is 8.93. The number of ether oxygens (including phenoxy) is 2. The number of benzene rings is 3. The van der Waals surface area contributed by atoms with Gasteiger partial charge in [0.2, 0.25) is 0 Å². The molecule has 4 heteroatoms. The molecule has 0 radical (unpaired) electrons. The van der Waals surface area contributed by atoms with Crippen LogP contribution < -0.4 is 4.74 Å². The van der Waals surface area contributed by atoms with Crippen molar-refractivity contribution in [2.24, 2.45) is 0 Å². The zero-order valence-electron chi connectivity index (χ0n) is 21.1. The van der Waals surface area contributed by atoms with E-state index >= 15 is 0 Å². The Kier molecular flexibility index (Phi) is 9.68. The standard InChI is InChI=1S/C31H36O4/c1-5-6-7-8-24-9-16-29(23(4)19-24)26-12-10-25(11-13-26)27-14-15-28(21-32)30(20-27)34-17-18-35-31(33)22(2)3/h9-16,19-20,32H,2,5-8,17-18,21H2,1,3-4H3. The summed E-state index contributed by atoms with van der Waals surface area (Å²) in [5.74, 6) is 0.140. The maximum absolute atomic E-state index is 11.5. The number of esters is 1. The highest BCUT2D eigenvalue weighted by molar-refractivity contribution is 5.86. The van der Waals surface area contributed by atoms with Gasteiger partial charge in [0.1, 0.15) is 19.0 Å². The molecule has 3 aromatic carbocycles. The first-order valence-electron chi connectivity index (χ1n) is 12.3. The molecule has 0 heterocycles. The second kappa shape index (κ2) is 12.9. The maximum Gasteiger partial charge on any atom is 0.333 e. The Morgan fingerprint density at radius 3 is 2.29 bits per heavy atom. The molecule has 0 aliphatic heterocycles. The van der Waals surface area contributed by atoms with E-state index in [2.05, 4.69) is 62.9 Å². The van der Waals surface area contributed by atoms with Crippen LogP contribution in [0.25, 0.3) is 22.3 Å². The number of aryl methyl sites for hydroxylation is 2. The lowest BCUT2D eigenvalue weighted by Gasteiger charge is -2.13. The molecular weight excluding hydrogens is 436 g/mol. The fourth-order valence-electron chi connectivity index (χ4n) is 4.03. The molecule has 3 rings (SSSR count). The van der Waals surface area contributed by atoms with Gasteiger partial charge in [-0.1, -0.05) is 80.9 Å². The number of rotatable bonds is 12. The maximum atomic E-state index is 11.5. The fraction of sp³-hybridized carbons (Fsp3) is 0.323. The Hall–Kier alpha value is -3.37. The Balaban J connectivity index is 1.71. The quantitative estimate of drug-likeness (QED) is 0.174. The third kappa shape index (κ3) is 7.30. The summed E-state index contributed by atoms with van der Waals surface area (Å²) in [6.45, 7) is 9.76. The van der Waals surface area contributed by atoms with Gasteiger partial charge in [-0.3, -0.25) is 0 Å². The van der Waals surface area contributed by atoms with Gasteiger partial charge in [-0.25, -0.2) is 4.79 Å². The Bertz CT molecular complexity index is 1150. The van der Waals surface area contributed by atoms with Gasteiger partial charge in [-0.15, -0.1) is 0 Å². The van der Waals surface area contributed by atoms with E-state index in [9.17, 15) is 9.90 Å². The average Bonchev–Trinajstić information content (AvgIpc) is 2.86. The predicted molar refractivity (Wildman–Crippen MR) is 142 cm³/mol. The van der Waals surface area contributed by atoms with Crippen molar-refractivity contribution in [3.05, 3.63) is 89.5 Å². The topological polar surface area (TPSA) is 55.8 Å². The summed E-state index contributed by atoms with van der Waals surface area (Å²) in [5, 5.41) is 9.69. The number of hydrogen-bond acceptors (Lipinski definition) is 4. The Labute approximate surface area is 209 Å². The molecule has 0 unspecified atom stereocenters. The van der Waals surface area contributed by atoms with Gasteiger partial charge in [-0.05, 0) is 66.1 Å². The van der Waals surface area contributed by atoms with Crippen LogP contribution in [0.2, 0.25) is 0 Å². The summed E-state index contributed by atoms with van der Waals surface area (Å²) < 4.78 is 10.9. The molecule has 35 heavy (non-hydrogen) atoms. The van der Waals surface area contributed by atoms with Crippen molar-refractivity contribution in [3.63, 3.8) is 0 Å². The van der Waals surface area contributed by atoms with Crippen molar-refractivity contribution < 1.29 is 19.4 Å². The van der Waals surface area contributed by atoms with Crippen molar-refractivity contribution in [1.82, 2.24) is 0 Å². The first kappa shape index (κ1) is 26.2. The smallest absolute Gasteiger partial charge is 0.333 e. The minimum atomic E-state index is -0.439. The molecule has 0 spiro atoms. The number of hydrogen-bond donors (Lipinski definition) is 1. The number of unbranched alkanes of at least 4 members (excludes halogenated alkanes) is 2. The van der Waals surface area contributed by atoms with E-state index in [-0.39, 0.29) is 19.8 Å². The first-order chi connectivity index (χ1) is 16.9. The minimum Gasteiger partial charge on any atom is -0.490 e. The molecule has 0 saturated carbocycles. The highest BCUT2D eigenvalue weighted by Crippen LogP contribution is 2.31. The molecular formula is C31H36O4.